The zero-order valence-corrected chi connectivity index (χ0v) is 20.1. The molecule has 1 atom stereocenters. The molecule has 33 heavy (non-hydrogen) atoms. The highest BCUT2D eigenvalue weighted by Crippen LogP contribution is 2.23. The second-order valence-electron chi connectivity index (χ2n) is 8.38. The van der Waals surface area contributed by atoms with Gasteiger partial charge in [-0.3, -0.25) is 4.79 Å². The van der Waals surface area contributed by atoms with Gasteiger partial charge in [0.1, 0.15) is 18.2 Å². The number of imidazole rings is 1. The van der Waals surface area contributed by atoms with Crippen molar-refractivity contribution < 1.29 is 9.53 Å². The van der Waals surface area contributed by atoms with Crippen LogP contribution < -0.4 is 10.1 Å². The Balaban J connectivity index is 1.54. The smallest absolute Gasteiger partial charge is 0.252 e. The molecule has 0 bridgehead atoms. The van der Waals surface area contributed by atoms with Crippen molar-refractivity contribution in [1.29, 1.82) is 0 Å². The average molecular weight is 462 g/mol. The molecule has 1 amide bonds. The fourth-order valence-electron chi connectivity index (χ4n) is 4.03. The van der Waals surface area contributed by atoms with Crippen LogP contribution in [0.15, 0.2) is 60.7 Å². The molecule has 1 N–H and O–H groups in total. The number of carbonyl (C=O) groups is 1. The molecule has 0 saturated carbocycles. The lowest BCUT2D eigenvalue weighted by Gasteiger charge is -2.17. The fraction of sp³-hybridized carbons (Fsp3) is 0.259. The van der Waals surface area contributed by atoms with Crippen molar-refractivity contribution >= 4 is 28.5 Å². The minimum atomic E-state index is -0.275. The maximum absolute atomic E-state index is 13.0. The molecule has 0 aliphatic rings. The number of para-hydroxylation sites is 2. The number of hydrogen-bond donors (Lipinski definition) is 1. The highest BCUT2D eigenvalue weighted by molar-refractivity contribution is 6.31. The van der Waals surface area contributed by atoms with Gasteiger partial charge in [0.2, 0.25) is 0 Å². The Labute approximate surface area is 199 Å². The number of aryl methyl sites for hydroxylation is 3. The lowest BCUT2D eigenvalue weighted by Crippen LogP contribution is -2.29. The summed E-state index contributed by atoms with van der Waals surface area (Å²) in [7, 11) is 0. The number of halogens is 1. The van der Waals surface area contributed by atoms with E-state index in [-0.39, 0.29) is 11.9 Å². The van der Waals surface area contributed by atoms with Crippen molar-refractivity contribution in [3.63, 3.8) is 0 Å². The maximum atomic E-state index is 13.0. The molecule has 0 saturated heterocycles. The van der Waals surface area contributed by atoms with E-state index in [9.17, 15) is 4.79 Å². The van der Waals surface area contributed by atoms with E-state index in [1.165, 1.54) is 0 Å². The Morgan fingerprint density at radius 3 is 2.61 bits per heavy atom. The first-order valence-electron chi connectivity index (χ1n) is 11.1. The number of ether oxygens (including phenoxy) is 1. The van der Waals surface area contributed by atoms with Gasteiger partial charge in [-0.2, -0.15) is 0 Å². The number of carbonyl (C=O) groups excluding carboxylic acids is 1. The minimum absolute atomic E-state index is 0.105. The Bertz CT molecular complexity index is 1310. The predicted octanol–water partition coefficient (Wildman–Crippen LogP) is 6.18. The van der Waals surface area contributed by atoms with Gasteiger partial charge in [0.05, 0.1) is 23.6 Å². The van der Waals surface area contributed by atoms with Crippen LogP contribution in [0.1, 0.15) is 45.8 Å². The van der Waals surface area contributed by atoms with Gasteiger partial charge in [-0.25, -0.2) is 4.98 Å². The summed E-state index contributed by atoms with van der Waals surface area (Å²) in [6, 6.07) is 19.2. The van der Waals surface area contributed by atoms with Gasteiger partial charge >= 0.3 is 0 Å². The minimum Gasteiger partial charge on any atom is -0.492 e. The van der Waals surface area contributed by atoms with Crippen LogP contribution in [0.4, 0.5) is 0 Å². The third-order valence-corrected chi connectivity index (χ3v) is 6.18. The third-order valence-electron chi connectivity index (χ3n) is 5.76. The number of nitrogens with zero attached hydrogens (tertiary/aromatic N) is 2. The lowest BCUT2D eigenvalue weighted by molar-refractivity contribution is 0.0937. The second kappa shape index (κ2) is 9.67. The summed E-state index contributed by atoms with van der Waals surface area (Å²) in [6.45, 7) is 8.96. The first kappa shape index (κ1) is 22.9. The van der Waals surface area contributed by atoms with E-state index >= 15 is 0 Å². The van der Waals surface area contributed by atoms with Gasteiger partial charge in [-0.1, -0.05) is 41.4 Å². The molecule has 4 rings (SSSR count). The fourth-order valence-corrected chi connectivity index (χ4v) is 4.15. The van der Waals surface area contributed by atoms with E-state index in [4.69, 9.17) is 21.3 Å². The van der Waals surface area contributed by atoms with E-state index in [0.29, 0.717) is 18.7 Å². The molecule has 0 aliphatic carbocycles. The topological polar surface area (TPSA) is 56.2 Å². The second-order valence-corrected chi connectivity index (χ2v) is 8.79. The number of fused-ring (bicyclic) bond motifs is 1. The number of aromatic nitrogens is 2. The van der Waals surface area contributed by atoms with E-state index in [0.717, 1.165) is 44.3 Å². The van der Waals surface area contributed by atoms with Crippen molar-refractivity contribution in [2.75, 3.05) is 6.61 Å². The quantitative estimate of drug-likeness (QED) is 0.357. The molecule has 3 aromatic carbocycles. The van der Waals surface area contributed by atoms with Gasteiger partial charge < -0.3 is 14.6 Å². The molecule has 6 heteroatoms. The molecule has 1 heterocycles. The summed E-state index contributed by atoms with van der Waals surface area (Å²) >= 11 is 6.12. The van der Waals surface area contributed by atoms with Crippen LogP contribution in [0.2, 0.25) is 5.02 Å². The van der Waals surface area contributed by atoms with E-state index in [1.54, 1.807) is 0 Å². The van der Waals surface area contributed by atoms with Gasteiger partial charge in [0.15, 0.2) is 0 Å². The van der Waals surface area contributed by atoms with Crippen molar-refractivity contribution in [2.45, 2.75) is 40.3 Å². The molecule has 1 unspecified atom stereocenters. The number of amides is 1. The van der Waals surface area contributed by atoms with Gasteiger partial charge in [0.25, 0.3) is 5.91 Å². The van der Waals surface area contributed by atoms with E-state index in [2.05, 4.69) is 9.88 Å². The standard InChI is InChI=1S/C27H28ClN3O2/c1-17-9-11-22(18(2)15-17)27(32)29-20(4)26-30-24-7-5-6-8-25(24)31(26)13-14-33-21-10-12-23(28)19(3)16-21/h5-12,15-16,20H,13-14H2,1-4H3,(H,29,32). The molecule has 1 aromatic heterocycles. The molecule has 4 aromatic rings. The Kier molecular flexibility index (Phi) is 6.70. The molecule has 170 valence electrons. The molecule has 0 fully saturated rings. The van der Waals surface area contributed by atoms with Gasteiger partial charge in [-0.05, 0) is 75.2 Å². The summed E-state index contributed by atoms with van der Waals surface area (Å²) in [5.74, 6) is 1.47. The maximum Gasteiger partial charge on any atom is 0.252 e. The third kappa shape index (κ3) is 5.04. The van der Waals surface area contributed by atoms with E-state index < -0.39 is 0 Å². The van der Waals surface area contributed by atoms with Crippen LogP contribution in [0.5, 0.6) is 5.75 Å². The molecule has 0 radical (unpaired) electrons. The summed E-state index contributed by atoms with van der Waals surface area (Å²) in [4.78, 5) is 17.8. The normalized spacial score (nSPS) is 12.0. The van der Waals surface area contributed by atoms with Gasteiger partial charge in [-0.15, -0.1) is 0 Å². The number of benzene rings is 3. The van der Waals surface area contributed by atoms with Crippen LogP contribution in [0.25, 0.3) is 11.0 Å². The number of rotatable bonds is 7. The summed E-state index contributed by atoms with van der Waals surface area (Å²) < 4.78 is 8.10. The van der Waals surface area contributed by atoms with Gasteiger partial charge in [0, 0.05) is 10.6 Å². The van der Waals surface area contributed by atoms with E-state index in [1.807, 2.05) is 88.4 Å². The molecule has 0 aliphatic heterocycles. The van der Waals surface area contributed by atoms with Crippen molar-refractivity contribution in [2.24, 2.45) is 0 Å². The molecular weight excluding hydrogens is 434 g/mol. The molecular formula is C27H28ClN3O2. The van der Waals surface area contributed by atoms with Crippen LogP contribution in [0, 0.1) is 20.8 Å². The number of nitrogens with one attached hydrogen (secondary N) is 1. The molecule has 5 nitrogen and oxygen atoms in total. The summed E-state index contributed by atoms with van der Waals surface area (Å²) in [6.07, 6.45) is 0. The first-order chi connectivity index (χ1) is 15.8. The Morgan fingerprint density at radius 2 is 1.85 bits per heavy atom. The van der Waals surface area contributed by atoms with Crippen molar-refractivity contribution in [3.8, 4) is 5.75 Å². The zero-order valence-electron chi connectivity index (χ0n) is 19.4. The Hall–Kier alpha value is -3.31. The highest BCUT2D eigenvalue weighted by atomic mass is 35.5. The predicted molar refractivity (Wildman–Crippen MR) is 133 cm³/mol. The van der Waals surface area contributed by atoms with Crippen molar-refractivity contribution in [3.05, 3.63) is 93.8 Å². The monoisotopic (exact) mass is 461 g/mol. The van der Waals surface area contributed by atoms with Crippen LogP contribution in [-0.2, 0) is 6.54 Å². The lowest BCUT2D eigenvalue weighted by atomic mass is 10.0. The Morgan fingerprint density at radius 1 is 1.06 bits per heavy atom. The largest absolute Gasteiger partial charge is 0.492 e. The zero-order chi connectivity index (χ0) is 23.5. The number of hydrogen-bond acceptors (Lipinski definition) is 3. The van der Waals surface area contributed by atoms with Crippen molar-refractivity contribution in [1.82, 2.24) is 14.9 Å². The first-order valence-corrected chi connectivity index (χ1v) is 11.4. The summed E-state index contributed by atoms with van der Waals surface area (Å²) in [5.41, 5.74) is 5.65. The van der Waals surface area contributed by atoms with Crippen LogP contribution in [-0.4, -0.2) is 22.1 Å². The highest BCUT2D eigenvalue weighted by Gasteiger charge is 2.20. The summed E-state index contributed by atoms with van der Waals surface area (Å²) in [5, 5.41) is 3.84. The molecule has 0 spiro atoms. The van der Waals surface area contributed by atoms with Crippen LogP contribution >= 0.6 is 11.6 Å². The SMILES string of the molecule is Cc1ccc(C(=O)NC(C)c2nc3ccccc3n2CCOc2ccc(Cl)c(C)c2)c(C)c1. The van der Waals surface area contributed by atoms with Crippen LogP contribution in [0.3, 0.4) is 0 Å². The average Bonchev–Trinajstić information content (AvgIpc) is 3.15.